The van der Waals surface area contributed by atoms with E-state index >= 15 is 0 Å². The van der Waals surface area contributed by atoms with E-state index in [1.807, 2.05) is 0 Å². The van der Waals surface area contributed by atoms with Gasteiger partial charge in [-0.1, -0.05) is 30.3 Å². The highest BCUT2D eigenvalue weighted by Gasteiger charge is 2.09. The molecule has 0 radical (unpaired) electrons. The standard InChI is InChI=1S/C15H15FN2O3S/c16-14-4-2-1-3-12(14)9-15(19)18-13-7-5-11(6-8-13)10-22(17,20)21/h1-8H,9-10H2,(H,18,19)(H2,17,20,21). The van der Waals surface area contributed by atoms with Crippen LogP contribution in [0, 0.1) is 5.82 Å². The van der Waals surface area contributed by atoms with Crippen molar-refractivity contribution in [2.75, 3.05) is 5.32 Å². The van der Waals surface area contributed by atoms with Gasteiger partial charge in [0.25, 0.3) is 0 Å². The van der Waals surface area contributed by atoms with Crippen molar-refractivity contribution in [1.82, 2.24) is 0 Å². The molecule has 0 aliphatic heterocycles. The first-order valence-corrected chi connectivity index (χ1v) is 8.18. The zero-order chi connectivity index (χ0) is 16.2. The number of carbonyl (C=O) groups excluding carboxylic acids is 1. The SMILES string of the molecule is NS(=O)(=O)Cc1ccc(NC(=O)Cc2ccccc2F)cc1. The Morgan fingerprint density at radius 2 is 1.73 bits per heavy atom. The topological polar surface area (TPSA) is 89.3 Å². The van der Waals surface area contributed by atoms with E-state index in [2.05, 4.69) is 5.32 Å². The molecule has 3 N–H and O–H groups in total. The molecule has 0 bridgehead atoms. The minimum atomic E-state index is -3.59. The second kappa shape index (κ2) is 6.67. The predicted octanol–water partition coefficient (Wildman–Crippen LogP) is 1.80. The van der Waals surface area contributed by atoms with Crippen molar-refractivity contribution >= 4 is 21.6 Å². The minimum absolute atomic E-state index is 0.0778. The Bertz CT molecular complexity index is 774. The molecule has 0 spiro atoms. The number of benzene rings is 2. The van der Waals surface area contributed by atoms with E-state index in [9.17, 15) is 17.6 Å². The summed E-state index contributed by atoms with van der Waals surface area (Å²) >= 11 is 0. The van der Waals surface area contributed by atoms with E-state index in [4.69, 9.17) is 5.14 Å². The molecular weight excluding hydrogens is 307 g/mol. The van der Waals surface area contributed by atoms with Gasteiger partial charge < -0.3 is 5.32 Å². The Kier molecular flexibility index (Phi) is 4.89. The van der Waals surface area contributed by atoms with E-state index in [1.165, 1.54) is 6.07 Å². The van der Waals surface area contributed by atoms with Gasteiger partial charge in [0, 0.05) is 5.69 Å². The summed E-state index contributed by atoms with van der Waals surface area (Å²) in [6.07, 6.45) is -0.0778. The largest absolute Gasteiger partial charge is 0.326 e. The monoisotopic (exact) mass is 322 g/mol. The first-order chi connectivity index (χ1) is 10.3. The Morgan fingerprint density at radius 3 is 2.32 bits per heavy atom. The second-order valence-corrected chi connectivity index (χ2v) is 6.43. The van der Waals surface area contributed by atoms with Crippen LogP contribution in [0.15, 0.2) is 48.5 Å². The van der Waals surface area contributed by atoms with Gasteiger partial charge >= 0.3 is 0 Å². The highest BCUT2D eigenvalue weighted by Crippen LogP contribution is 2.13. The summed E-state index contributed by atoms with van der Waals surface area (Å²) in [4.78, 5) is 11.9. The number of hydrogen-bond donors (Lipinski definition) is 2. The smallest absolute Gasteiger partial charge is 0.228 e. The number of amides is 1. The molecular formula is C15H15FN2O3S. The lowest BCUT2D eigenvalue weighted by Gasteiger charge is -2.07. The molecule has 2 aromatic carbocycles. The van der Waals surface area contributed by atoms with Gasteiger partial charge in [-0.05, 0) is 29.3 Å². The van der Waals surface area contributed by atoms with Crippen molar-refractivity contribution in [2.45, 2.75) is 12.2 Å². The molecule has 0 unspecified atom stereocenters. The van der Waals surface area contributed by atoms with Crippen molar-refractivity contribution in [1.29, 1.82) is 0 Å². The summed E-state index contributed by atoms with van der Waals surface area (Å²) in [6, 6.07) is 12.3. The normalized spacial score (nSPS) is 11.2. The van der Waals surface area contributed by atoms with Crippen LogP contribution >= 0.6 is 0 Å². The van der Waals surface area contributed by atoms with Gasteiger partial charge in [-0.15, -0.1) is 0 Å². The fraction of sp³-hybridized carbons (Fsp3) is 0.133. The van der Waals surface area contributed by atoms with Crippen LogP contribution in [0.1, 0.15) is 11.1 Å². The number of rotatable bonds is 5. The van der Waals surface area contributed by atoms with Crippen LogP contribution in [-0.4, -0.2) is 14.3 Å². The van der Waals surface area contributed by atoms with Crippen molar-refractivity contribution < 1.29 is 17.6 Å². The number of halogens is 1. The minimum Gasteiger partial charge on any atom is -0.326 e. The molecule has 0 aliphatic carbocycles. The van der Waals surface area contributed by atoms with E-state index < -0.39 is 15.8 Å². The van der Waals surface area contributed by atoms with Crippen LogP contribution in [0.4, 0.5) is 10.1 Å². The molecule has 0 heterocycles. The molecule has 1 amide bonds. The molecule has 2 aromatic rings. The maximum absolute atomic E-state index is 13.5. The van der Waals surface area contributed by atoms with E-state index in [0.717, 1.165) is 0 Å². The molecule has 22 heavy (non-hydrogen) atoms. The van der Waals surface area contributed by atoms with Gasteiger partial charge in [0.05, 0.1) is 12.2 Å². The Morgan fingerprint density at radius 1 is 1.09 bits per heavy atom. The first kappa shape index (κ1) is 16.1. The lowest BCUT2D eigenvalue weighted by Crippen LogP contribution is -2.16. The summed E-state index contributed by atoms with van der Waals surface area (Å²) in [5.74, 6) is -1.05. The fourth-order valence-electron chi connectivity index (χ4n) is 1.94. The molecule has 0 saturated carbocycles. The Balaban J connectivity index is 1.99. The van der Waals surface area contributed by atoms with Crippen LogP contribution in [0.5, 0.6) is 0 Å². The van der Waals surface area contributed by atoms with Gasteiger partial charge in [0.1, 0.15) is 5.82 Å². The second-order valence-electron chi connectivity index (χ2n) is 4.82. The molecule has 0 saturated heterocycles. The molecule has 116 valence electrons. The van der Waals surface area contributed by atoms with Gasteiger partial charge in [-0.25, -0.2) is 17.9 Å². The van der Waals surface area contributed by atoms with Gasteiger partial charge in [0.15, 0.2) is 0 Å². The molecule has 0 aromatic heterocycles. The quantitative estimate of drug-likeness (QED) is 0.879. The van der Waals surface area contributed by atoms with Gasteiger partial charge in [0.2, 0.25) is 15.9 Å². The zero-order valence-electron chi connectivity index (χ0n) is 11.6. The molecule has 0 fully saturated rings. The summed E-state index contributed by atoms with van der Waals surface area (Å²) in [5.41, 5.74) is 1.33. The van der Waals surface area contributed by atoms with Crippen molar-refractivity contribution in [3.8, 4) is 0 Å². The third-order valence-electron chi connectivity index (χ3n) is 2.91. The third-order valence-corrected chi connectivity index (χ3v) is 3.65. The first-order valence-electron chi connectivity index (χ1n) is 6.46. The van der Waals surface area contributed by atoms with Crippen LogP contribution in [0.3, 0.4) is 0 Å². The maximum Gasteiger partial charge on any atom is 0.228 e. The van der Waals surface area contributed by atoms with Crippen LogP contribution in [-0.2, 0) is 27.0 Å². The van der Waals surface area contributed by atoms with E-state index in [0.29, 0.717) is 16.8 Å². The number of primary sulfonamides is 1. The summed E-state index contributed by atoms with van der Waals surface area (Å²) in [7, 11) is -3.59. The average molecular weight is 322 g/mol. The number of nitrogens with two attached hydrogens (primary N) is 1. The summed E-state index contributed by atoms with van der Waals surface area (Å²) in [6.45, 7) is 0. The van der Waals surface area contributed by atoms with Crippen LogP contribution < -0.4 is 10.5 Å². The van der Waals surface area contributed by atoms with Gasteiger partial charge in [-0.2, -0.15) is 0 Å². The summed E-state index contributed by atoms with van der Waals surface area (Å²) < 4.78 is 35.4. The fourth-order valence-corrected chi connectivity index (χ4v) is 2.59. The molecule has 2 rings (SSSR count). The van der Waals surface area contributed by atoms with Crippen molar-refractivity contribution in [3.63, 3.8) is 0 Å². The summed E-state index contributed by atoms with van der Waals surface area (Å²) in [5, 5.41) is 7.57. The number of nitrogens with one attached hydrogen (secondary N) is 1. The van der Waals surface area contributed by atoms with E-state index in [1.54, 1.807) is 42.5 Å². The number of hydrogen-bond acceptors (Lipinski definition) is 3. The average Bonchev–Trinajstić information content (AvgIpc) is 2.42. The van der Waals surface area contributed by atoms with Gasteiger partial charge in [-0.3, -0.25) is 4.79 Å². The lowest BCUT2D eigenvalue weighted by molar-refractivity contribution is -0.115. The molecule has 0 atom stereocenters. The highest BCUT2D eigenvalue weighted by molar-refractivity contribution is 7.88. The number of sulfonamides is 1. The van der Waals surface area contributed by atoms with E-state index in [-0.39, 0.29) is 18.1 Å². The number of carbonyl (C=O) groups is 1. The Labute approximate surface area is 128 Å². The van der Waals surface area contributed by atoms with Crippen molar-refractivity contribution in [2.24, 2.45) is 5.14 Å². The molecule has 0 aliphatic rings. The lowest BCUT2D eigenvalue weighted by atomic mass is 10.1. The number of anilines is 1. The molecule has 7 heteroatoms. The highest BCUT2D eigenvalue weighted by atomic mass is 32.2. The van der Waals surface area contributed by atoms with Crippen molar-refractivity contribution in [3.05, 3.63) is 65.5 Å². The van der Waals surface area contributed by atoms with Crippen LogP contribution in [0.2, 0.25) is 0 Å². The predicted molar refractivity (Wildman–Crippen MR) is 82.0 cm³/mol. The zero-order valence-corrected chi connectivity index (χ0v) is 12.4. The third kappa shape index (κ3) is 4.94. The molecule has 5 nitrogen and oxygen atoms in total. The maximum atomic E-state index is 13.5. The Hall–Kier alpha value is -2.25. The van der Waals surface area contributed by atoms with Crippen LogP contribution in [0.25, 0.3) is 0 Å².